The Hall–Kier alpha value is -1.08. The van der Waals surface area contributed by atoms with Crippen LogP contribution in [0.4, 0.5) is 0 Å². The van der Waals surface area contributed by atoms with E-state index in [-0.39, 0.29) is 39.5 Å². The van der Waals surface area contributed by atoms with E-state index < -0.39 is 12.1 Å². The monoisotopic (exact) mass is 432 g/mol. The van der Waals surface area contributed by atoms with E-state index in [4.69, 9.17) is 33.0 Å². The zero-order chi connectivity index (χ0) is 19.6. The Kier molecular flexibility index (Phi) is 7.13. The van der Waals surface area contributed by atoms with E-state index >= 15 is 0 Å². The Morgan fingerprint density at radius 3 is 2.46 bits per heavy atom. The first-order valence-corrected chi connectivity index (χ1v) is 10.9. The molecule has 0 aliphatic carbocycles. The maximum atomic E-state index is 13.3. The highest BCUT2D eigenvalue weighted by atomic mass is 35.5. The Morgan fingerprint density at radius 2 is 1.96 bits per heavy atom. The number of hydrogen-bond donors (Lipinski definition) is 1. The summed E-state index contributed by atoms with van der Waals surface area (Å²) in [5, 5.41) is 9.29. The maximum Gasteiger partial charge on any atom is 0.345 e. The number of hydrogen-bond acceptors (Lipinski definition) is 5. The van der Waals surface area contributed by atoms with Gasteiger partial charge in [-0.2, -0.15) is 0 Å². The number of benzene rings is 1. The van der Waals surface area contributed by atoms with Gasteiger partial charge in [-0.05, 0) is 18.6 Å². The molecular formula is C18H18Cl2O4S2. The number of ketones is 1. The number of rotatable bonds is 7. The molecule has 140 valence electrons. The van der Waals surface area contributed by atoms with Crippen LogP contribution in [0.1, 0.15) is 22.8 Å². The molecule has 8 heteroatoms. The zero-order valence-corrected chi connectivity index (χ0v) is 17.6. The largest absolute Gasteiger partial charge is 0.478 e. The summed E-state index contributed by atoms with van der Waals surface area (Å²) in [4.78, 5) is 24.5. The van der Waals surface area contributed by atoms with Gasteiger partial charge in [-0.15, -0.1) is 30.1 Å². The molecule has 0 radical (unpaired) electrons. The van der Waals surface area contributed by atoms with Crippen molar-refractivity contribution in [3.8, 4) is 5.75 Å². The third-order valence-electron chi connectivity index (χ3n) is 4.07. The second-order valence-corrected chi connectivity index (χ2v) is 8.30. The van der Waals surface area contributed by atoms with Crippen molar-refractivity contribution in [1.82, 2.24) is 0 Å². The summed E-state index contributed by atoms with van der Waals surface area (Å²) in [6.45, 7) is 5.67. The van der Waals surface area contributed by atoms with Crippen molar-refractivity contribution >= 4 is 58.5 Å². The highest BCUT2D eigenvalue weighted by Crippen LogP contribution is 2.44. The minimum absolute atomic E-state index is 0.0664. The van der Waals surface area contributed by atoms with Gasteiger partial charge in [-0.25, -0.2) is 4.79 Å². The third-order valence-corrected chi connectivity index (χ3v) is 7.10. The van der Waals surface area contributed by atoms with Gasteiger partial charge in [0.25, 0.3) is 0 Å². The average molecular weight is 433 g/mol. The number of ether oxygens (including phenoxy) is 1. The van der Waals surface area contributed by atoms with Crippen LogP contribution in [0.5, 0.6) is 5.75 Å². The van der Waals surface area contributed by atoms with Gasteiger partial charge in [-0.3, -0.25) is 4.79 Å². The van der Waals surface area contributed by atoms with Crippen molar-refractivity contribution in [2.45, 2.75) is 19.4 Å². The molecule has 2 rings (SSSR count). The fourth-order valence-corrected chi connectivity index (χ4v) is 4.84. The van der Waals surface area contributed by atoms with Crippen LogP contribution in [0.15, 0.2) is 28.5 Å². The molecule has 2 unspecified atom stereocenters. The number of fused-ring (bicyclic) bond motifs is 1. The molecule has 0 fully saturated rings. The highest BCUT2D eigenvalue weighted by Gasteiger charge is 2.34. The second kappa shape index (κ2) is 8.74. The SMILES string of the molecule is C=CC(C)C(C(=O)c1cc2c(c(Cl)c1Cl)OC(C(=O)O)C2)=C(SC)SC. The first-order valence-electron chi connectivity index (χ1n) is 7.66. The van der Waals surface area contributed by atoms with E-state index in [1.165, 1.54) is 23.5 Å². The summed E-state index contributed by atoms with van der Waals surface area (Å²) in [6, 6.07) is 1.59. The number of carbonyl (C=O) groups excluding carboxylic acids is 1. The molecule has 2 atom stereocenters. The van der Waals surface area contributed by atoms with Crippen LogP contribution in [0.2, 0.25) is 10.0 Å². The van der Waals surface area contributed by atoms with Gasteiger partial charge >= 0.3 is 5.97 Å². The molecule has 1 heterocycles. The number of aliphatic carboxylic acids is 1. The average Bonchev–Trinajstić information content (AvgIpc) is 3.06. The minimum atomic E-state index is -1.09. The van der Waals surface area contributed by atoms with E-state index in [1.54, 1.807) is 12.1 Å². The highest BCUT2D eigenvalue weighted by molar-refractivity contribution is 8.21. The molecule has 1 aliphatic rings. The molecule has 0 aromatic heterocycles. The summed E-state index contributed by atoms with van der Waals surface area (Å²) in [5.41, 5.74) is 1.40. The summed E-state index contributed by atoms with van der Waals surface area (Å²) < 4.78 is 6.24. The van der Waals surface area contributed by atoms with Crippen molar-refractivity contribution in [1.29, 1.82) is 0 Å². The quantitative estimate of drug-likeness (QED) is 0.357. The van der Waals surface area contributed by atoms with Crippen molar-refractivity contribution in [3.05, 3.63) is 49.7 Å². The van der Waals surface area contributed by atoms with Gasteiger partial charge in [0.15, 0.2) is 11.9 Å². The molecular weight excluding hydrogens is 415 g/mol. The molecule has 0 saturated heterocycles. The lowest BCUT2D eigenvalue weighted by atomic mass is 9.93. The fraction of sp³-hybridized carbons (Fsp3) is 0.333. The molecule has 4 nitrogen and oxygen atoms in total. The number of allylic oxidation sites excluding steroid dienone is 2. The number of thioether (sulfide) groups is 2. The first-order chi connectivity index (χ1) is 12.3. The first kappa shape index (κ1) is 21.2. The number of Topliss-reactive ketones (excluding diaryl/α,β-unsaturated/α-hetero) is 1. The molecule has 1 aromatic rings. The van der Waals surface area contributed by atoms with E-state index in [0.717, 1.165) is 4.24 Å². The Balaban J connectivity index is 2.59. The fourth-order valence-electron chi connectivity index (χ4n) is 2.68. The number of carboxylic acid groups (broad SMARTS) is 1. The van der Waals surface area contributed by atoms with Crippen LogP contribution in [0.3, 0.4) is 0 Å². The van der Waals surface area contributed by atoms with Crippen molar-refractivity contribution in [3.63, 3.8) is 0 Å². The van der Waals surface area contributed by atoms with Gasteiger partial charge in [0.05, 0.1) is 5.02 Å². The summed E-state index contributed by atoms with van der Waals surface area (Å²) in [6.07, 6.45) is 4.61. The van der Waals surface area contributed by atoms with Crippen molar-refractivity contribution in [2.24, 2.45) is 5.92 Å². The van der Waals surface area contributed by atoms with Gasteiger partial charge in [0.2, 0.25) is 0 Å². The topological polar surface area (TPSA) is 63.6 Å². The van der Waals surface area contributed by atoms with Crippen LogP contribution >= 0.6 is 46.7 Å². The molecule has 0 spiro atoms. The van der Waals surface area contributed by atoms with E-state index in [9.17, 15) is 9.59 Å². The summed E-state index contributed by atoms with van der Waals surface area (Å²) in [7, 11) is 0. The molecule has 0 saturated carbocycles. The van der Waals surface area contributed by atoms with Gasteiger partial charge in [-0.1, -0.05) is 36.2 Å². The lowest BCUT2D eigenvalue weighted by molar-refractivity contribution is -0.144. The Labute approximate surface area is 171 Å². The van der Waals surface area contributed by atoms with Crippen LogP contribution in [-0.4, -0.2) is 35.5 Å². The zero-order valence-electron chi connectivity index (χ0n) is 14.5. The van der Waals surface area contributed by atoms with Gasteiger partial charge in [0, 0.05) is 33.3 Å². The van der Waals surface area contributed by atoms with Gasteiger partial charge < -0.3 is 9.84 Å². The number of halogens is 2. The summed E-state index contributed by atoms with van der Waals surface area (Å²) >= 11 is 15.6. The lowest BCUT2D eigenvalue weighted by Gasteiger charge is -2.17. The molecule has 1 aliphatic heterocycles. The third kappa shape index (κ3) is 3.93. The second-order valence-electron chi connectivity index (χ2n) is 5.65. The number of carboxylic acids is 1. The standard InChI is InChI=1S/C18H18Cl2O4S2/c1-5-8(2)12(18(25-3)26-4)15(21)10-6-9-7-11(17(22)23)24-16(9)14(20)13(10)19/h5-6,8,11H,1,7H2,2-4H3,(H,22,23). The van der Waals surface area contributed by atoms with Crippen molar-refractivity contribution < 1.29 is 19.4 Å². The predicted octanol–water partition coefficient (Wildman–Crippen LogP) is 5.32. The van der Waals surface area contributed by atoms with Crippen molar-refractivity contribution in [2.75, 3.05) is 12.5 Å². The smallest absolute Gasteiger partial charge is 0.345 e. The molecule has 0 amide bonds. The molecule has 0 bridgehead atoms. The minimum Gasteiger partial charge on any atom is -0.478 e. The van der Waals surface area contributed by atoms with Crippen LogP contribution in [-0.2, 0) is 11.2 Å². The molecule has 26 heavy (non-hydrogen) atoms. The maximum absolute atomic E-state index is 13.3. The summed E-state index contributed by atoms with van der Waals surface area (Å²) in [5.74, 6) is -1.28. The normalized spacial score (nSPS) is 16.4. The lowest BCUT2D eigenvalue weighted by Crippen LogP contribution is -2.24. The Morgan fingerprint density at radius 1 is 1.35 bits per heavy atom. The van der Waals surface area contributed by atoms with E-state index in [1.807, 2.05) is 19.4 Å². The Bertz CT molecular complexity index is 799. The van der Waals surface area contributed by atoms with Crippen LogP contribution in [0.25, 0.3) is 0 Å². The number of carbonyl (C=O) groups is 2. The van der Waals surface area contributed by atoms with E-state index in [0.29, 0.717) is 11.1 Å². The molecule has 1 N–H and O–H groups in total. The van der Waals surface area contributed by atoms with E-state index in [2.05, 4.69) is 6.58 Å². The van der Waals surface area contributed by atoms with Gasteiger partial charge in [0.1, 0.15) is 10.8 Å². The predicted molar refractivity (Wildman–Crippen MR) is 110 cm³/mol. The van der Waals surface area contributed by atoms with Crippen LogP contribution in [0, 0.1) is 5.92 Å². The molecule has 1 aromatic carbocycles. The van der Waals surface area contributed by atoms with Crippen LogP contribution < -0.4 is 4.74 Å².